The topological polar surface area (TPSA) is 36.1 Å². The molecule has 0 radical (unpaired) electrons. The van der Waals surface area contributed by atoms with E-state index in [1.54, 1.807) is 6.20 Å². The second kappa shape index (κ2) is 4.92. The number of fused-ring (bicyclic) bond motifs is 1. The van der Waals surface area contributed by atoms with E-state index in [0.29, 0.717) is 0 Å². The third kappa shape index (κ3) is 2.28. The number of amides is 1. The lowest BCUT2D eigenvalue weighted by Gasteiger charge is -2.20. The minimum atomic E-state index is 0.145. The van der Waals surface area contributed by atoms with Gasteiger partial charge in [-0.15, -0.1) is 0 Å². The molecule has 1 aliphatic heterocycles. The number of rotatable bonds is 1. The number of carbonyl (C=O) groups is 1. The SMILES string of the molecule is Cc1c[nH]cc1C(=O)N1CCc2ccccc2CC1. The van der Waals surface area contributed by atoms with Gasteiger partial charge in [0.2, 0.25) is 0 Å². The summed E-state index contributed by atoms with van der Waals surface area (Å²) in [6.07, 6.45) is 5.58. The number of benzene rings is 1. The Bertz CT molecular complexity index is 573. The number of aryl methyl sites for hydroxylation is 1. The maximum Gasteiger partial charge on any atom is 0.255 e. The predicted octanol–water partition coefficient (Wildman–Crippen LogP) is 2.56. The first-order valence-corrected chi connectivity index (χ1v) is 6.75. The fraction of sp³-hybridized carbons (Fsp3) is 0.312. The second-order valence-electron chi connectivity index (χ2n) is 5.11. The first-order chi connectivity index (χ1) is 9.25. The summed E-state index contributed by atoms with van der Waals surface area (Å²) in [6.45, 7) is 3.58. The van der Waals surface area contributed by atoms with Gasteiger partial charge in [0, 0.05) is 25.5 Å². The summed E-state index contributed by atoms with van der Waals surface area (Å²) in [6, 6.07) is 8.49. The van der Waals surface area contributed by atoms with Crippen LogP contribution in [-0.2, 0) is 12.8 Å². The molecule has 3 heteroatoms. The average molecular weight is 254 g/mol. The molecule has 0 fully saturated rings. The highest BCUT2D eigenvalue weighted by Crippen LogP contribution is 2.18. The molecule has 1 aromatic heterocycles. The summed E-state index contributed by atoms with van der Waals surface area (Å²) in [7, 11) is 0. The van der Waals surface area contributed by atoms with Crippen LogP contribution in [0.15, 0.2) is 36.7 Å². The molecule has 19 heavy (non-hydrogen) atoms. The number of H-pyrrole nitrogens is 1. The minimum Gasteiger partial charge on any atom is -0.367 e. The molecule has 2 heterocycles. The van der Waals surface area contributed by atoms with E-state index in [2.05, 4.69) is 29.2 Å². The van der Waals surface area contributed by atoms with Gasteiger partial charge in [-0.1, -0.05) is 24.3 Å². The zero-order valence-corrected chi connectivity index (χ0v) is 11.1. The summed E-state index contributed by atoms with van der Waals surface area (Å²) >= 11 is 0. The predicted molar refractivity (Wildman–Crippen MR) is 75.3 cm³/mol. The van der Waals surface area contributed by atoms with Crippen LogP contribution < -0.4 is 0 Å². The van der Waals surface area contributed by atoms with Crippen molar-refractivity contribution in [3.8, 4) is 0 Å². The van der Waals surface area contributed by atoms with Crippen molar-refractivity contribution < 1.29 is 4.79 Å². The van der Waals surface area contributed by atoms with Crippen LogP contribution in [-0.4, -0.2) is 28.9 Å². The quantitative estimate of drug-likeness (QED) is 0.834. The first-order valence-electron chi connectivity index (χ1n) is 6.75. The minimum absolute atomic E-state index is 0.145. The molecule has 0 spiro atoms. The van der Waals surface area contributed by atoms with Gasteiger partial charge in [0.15, 0.2) is 0 Å². The van der Waals surface area contributed by atoms with E-state index in [9.17, 15) is 4.79 Å². The van der Waals surface area contributed by atoms with Gasteiger partial charge >= 0.3 is 0 Å². The lowest BCUT2D eigenvalue weighted by Crippen LogP contribution is -2.33. The molecule has 1 aliphatic rings. The third-order valence-corrected chi connectivity index (χ3v) is 3.89. The van der Waals surface area contributed by atoms with Gasteiger partial charge in [-0.3, -0.25) is 4.79 Å². The Kier molecular flexibility index (Phi) is 3.11. The maximum atomic E-state index is 12.5. The summed E-state index contributed by atoms with van der Waals surface area (Å²) in [5.74, 6) is 0.145. The molecule has 0 aliphatic carbocycles. The maximum absolute atomic E-state index is 12.5. The summed E-state index contributed by atoms with van der Waals surface area (Å²) in [5.41, 5.74) is 4.57. The lowest BCUT2D eigenvalue weighted by molar-refractivity contribution is 0.0762. The van der Waals surface area contributed by atoms with E-state index in [1.165, 1.54) is 11.1 Å². The van der Waals surface area contributed by atoms with Crippen LogP contribution in [0.1, 0.15) is 27.0 Å². The monoisotopic (exact) mass is 254 g/mol. The smallest absolute Gasteiger partial charge is 0.255 e. The first kappa shape index (κ1) is 12.0. The molecular weight excluding hydrogens is 236 g/mol. The number of aromatic amines is 1. The Labute approximate surface area is 113 Å². The van der Waals surface area contributed by atoms with E-state index in [1.807, 2.05) is 18.0 Å². The molecule has 3 rings (SSSR count). The number of hydrogen-bond donors (Lipinski definition) is 1. The molecule has 0 unspecified atom stereocenters. The second-order valence-corrected chi connectivity index (χ2v) is 5.11. The van der Waals surface area contributed by atoms with Gasteiger partial charge in [-0.2, -0.15) is 0 Å². The number of aromatic nitrogens is 1. The highest BCUT2D eigenvalue weighted by Gasteiger charge is 2.20. The highest BCUT2D eigenvalue weighted by atomic mass is 16.2. The van der Waals surface area contributed by atoms with Crippen LogP contribution >= 0.6 is 0 Å². The molecule has 1 amide bonds. The average Bonchev–Trinajstić information content (AvgIpc) is 2.74. The van der Waals surface area contributed by atoms with Gasteiger partial charge in [-0.05, 0) is 36.5 Å². The van der Waals surface area contributed by atoms with Crippen molar-refractivity contribution in [1.29, 1.82) is 0 Å². The summed E-state index contributed by atoms with van der Waals surface area (Å²) < 4.78 is 0. The Balaban J connectivity index is 1.79. The number of carbonyl (C=O) groups excluding carboxylic acids is 1. The van der Waals surface area contributed by atoms with Crippen LogP contribution in [0.2, 0.25) is 0 Å². The fourth-order valence-corrected chi connectivity index (χ4v) is 2.71. The van der Waals surface area contributed by atoms with Gasteiger partial charge in [-0.25, -0.2) is 0 Å². The number of nitrogens with zero attached hydrogens (tertiary/aromatic N) is 1. The van der Waals surface area contributed by atoms with Crippen LogP contribution in [0.5, 0.6) is 0 Å². The molecule has 0 bridgehead atoms. The Morgan fingerprint density at radius 3 is 2.26 bits per heavy atom. The van der Waals surface area contributed by atoms with Crippen molar-refractivity contribution in [2.45, 2.75) is 19.8 Å². The largest absolute Gasteiger partial charge is 0.367 e. The van der Waals surface area contributed by atoms with E-state index >= 15 is 0 Å². The van der Waals surface area contributed by atoms with Gasteiger partial charge < -0.3 is 9.88 Å². The zero-order valence-electron chi connectivity index (χ0n) is 11.1. The van der Waals surface area contributed by atoms with E-state index in [0.717, 1.165) is 37.1 Å². The van der Waals surface area contributed by atoms with Gasteiger partial charge in [0.25, 0.3) is 5.91 Å². The van der Waals surface area contributed by atoms with Gasteiger partial charge in [0.05, 0.1) is 5.56 Å². The van der Waals surface area contributed by atoms with Crippen LogP contribution in [0.3, 0.4) is 0 Å². The van der Waals surface area contributed by atoms with E-state index in [-0.39, 0.29) is 5.91 Å². The Morgan fingerprint density at radius 1 is 1.11 bits per heavy atom. The van der Waals surface area contributed by atoms with Crippen molar-refractivity contribution in [3.05, 3.63) is 58.9 Å². The molecule has 0 saturated heterocycles. The third-order valence-electron chi connectivity index (χ3n) is 3.89. The molecule has 3 nitrogen and oxygen atoms in total. The molecule has 98 valence electrons. The standard InChI is InChI=1S/C16H18N2O/c1-12-10-17-11-15(12)16(19)18-8-6-13-4-2-3-5-14(13)7-9-18/h2-5,10-11,17H,6-9H2,1H3. The van der Waals surface area contributed by atoms with Crippen LogP contribution in [0.25, 0.3) is 0 Å². The normalized spacial score (nSPS) is 14.9. The van der Waals surface area contributed by atoms with Crippen molar-refractivity contribution in [2.24, 2.45) is 0 Å². The molecular formula is C16H18N2O. The van der Waals surface area contributed by atoms with E-state index in [4.69, 9.17) is 0 Å². The van der Waals surface area contributed by atoms with Crippen molar-refractivity contribution >= 4 is 5.91 Å². The Hall–Kier alpha value is -2.03. The summed E-state index contributed by atoms with van der Waals surface area (Å²) in [4.78, 5) is 17.5. The lowest BCUT2D eigenvalue weighted by atomic mass is 10.0. The summed E-state index contributed by atoms with van der Waals surface area (Å²) in [5, 5.41) is 0. The van der Waals surface area contributed by atoms with Crippen molar-refractivity contribution in [1.82, 2.24) is 9.88 Å². The number of hydrogen-bond acceptors (Lipinski definition) is 1. The van der Waals surface area contributed by atoms with Crippen molar-refractivity contribution in [3.63, 3.8) is 0 Å². The highest BCUT2D eigenvalue weighted by molar-refractivity contribution is 5.95. The van der Waals surface area contributed by atoms with Crippen LogP contribution in [0.4, 0.5) is 0 Å². The number of nitrogens with one attached hydrogen (secondary N) is 1. The molecule has 1 aromatic carbocycles. The molecule has 2 aromatic rings. The zero-order chi connectivity index (χ0) is 13.2. The van der Waals surface area contributed by atoms with Crippen molar-refractivity contribution in [2.75, 3.05) is 13.1 Å². The molecule has 0 atom stereocenters. The van der Waals surface area contributed by atoms with E-state index < -0.39 is 0 Å². The molecule has 0 saturated carbocycles. The van der Waals surface area contributed by atoms with Gasteiger partial charge in [0.1, 0.15) is 0 Å². The van der Waals surface area contributed by atoms with Crippen LogP contribution in [0, 0.1) is 6.92 Å². The molecule has 1 N–H and O–H groups in total. The fourth-order valence-electron chi connectivity index (χ4n) is 2.71. The Morgan fingerprint density at radius 2 is 1.74 bits per heavy atom.